The topological polar surface area (TPSA) is 80.1 Å². The molecular formula is C26H25N5O2. The number of anilines is 1. The van der Waals surface area contributed by atoms with Crippen molar-refractivity contribution in [1.82, 2.24) is 19.7 Å². The summed E-state index contributed by atoms with van der Waals surface area (Å²) in [7, 11) is 1.76. The van der Waals surface area contributed by atoms with E-state index in [9.17, 15) is 9.59 Å². The van der Waals surface area contributed by atoms with Crippen LogP contribution in [0.3, 0.4) is 0 Å². The van der Waals surface area contributed by atoms with Crippen LogP contribution in [-0.4, -0.2) is 44.6 Å². The second-order valence-corrected chi connectivity index (χ2v) is 8.47. The van der Waals surface area contributed by atoms with Crippen LogP contribution >= 0.6 is 0 Å². The minimum absolute atomic E-state index is 0.0611. The molecule has 4 aromatic rings. The minimum atomic E-state index is -0.334. The number of aryl methyl sites for hydroxylation is 1. The van der Waals surface area contributed by atoms with E-state index in [0.717, 1.165) is 18.4 Å². The Morgan fingerprint density at radius 2 is 1.94 bits per heavy atom. The maximum Gasteiger partial charge on any atom is 0.276 e. The van der Waals surface area contributed by atoms with Crippen molar-refractivity contribution in [1.29, 1.82) is 0 Å². The molecule has 166 valence electrons. The number of likely N-dealkylation sites (tertiary alicyclic amines) is 1. The van der Waals surface area contributed by atoms with Crippen molar-refractivity contribution in [2.24, 2.45) is 13.0 Å². The largest absolute Gasteiger partial charge is 0.338 e. The predicted octanol–water partition coefficient (Wildman–Crippen LogP) is 3.93. The van der Waals surface area contributed by atoms with Crippen LogP contribution in [-0.2, 0) is 13.5 Å². The number of pyridine rings is 1. The lowest BCUT2D eigenvalue weighted by molar-refractivity contribution is 0.0788. The van der Waals surface area contributed by atoms with Gasteiger partial charge in [-0.3, -0.25) is 19.3 Å². The molecule has 0 spiro atoms. The predicted molar refractivity (Wildman–Crippen MR) is 127 cm³/mol. The number of para-hydroxylation sites is 1. The van der Waals surface area contributed by atoms with Gasteiger partial charge in [0.1, 0.15) is 0 Å². The summed E-state index contributed by atoms with van der Waals surface area (Å²) in [6.07, 6.45) is 5.38. The van der Waals surface area contributed by atoms with Gasteiger partial charge in [-0.05, 0) is 54.7 Å². The standard InChI is InChI=1S/C26H25N5O2/c1-30-14-12-24(29-30)25(32)28-23-9-3-2-7-21(23)26(33)31-15-11-18(17-31)16-19-6-4-10-22-20(19)8-5-13-27-22/h2-10,12-14,18H,11,15-17H2,1H3,(H,28,32)/t18-/m1/s1. The first-order valence-electron chi connectivity index (χ1n) is 11.1. The molecule has 1 N–H and O–H groups in total. The van der Waals surface area contributed by atoms with Crippen LogP contribution in [0.25, 0.3) is 10.9 Å². The Morgan fingerprint density at radius 3 is 2.79 bits per heavy atom. The van der Waals surface area contributed by atoms with Crippen molar-refractivity contribution in [3.8, 4) is 0 Å². The summed E-state index contributed by atoms with van der Waals surface area (Å²) in [5, 5.41) is 8.15. The van der Waals surface area contributed by atoms with Gasteiger partial charge in [0.05, 0.1) is 16.8 Å². The summed E-state index contributed by atoms with van der Waals surface area (Å²) >= 11 is 0. The number of carbonyl (C=O) groups is 2. The van der Waals surface area contributed by atoms with Crippen LogP contribution in [0.15, 0.2) is 73.1 Å². The second kappa shape index (κ2) is 8.86. The number of rotatable bonds is 5. The average molecular weight is 440 g/mol. The quantitative estimate of drug-likeness (QED) is 0.511. The van der Waals surface area contributed by atoms with E-state index in [1.807, 2.05) is 41.4 Å². The fourth-order valence-corrected chi connectivity index (χ4v) is 4.51. The van der Waals surface area contributed by atoms with E-state index >= 15 is 0 Å². The molecule has 2 amide bonds. The molecule has 0 saturated carbocycles. The maximum absolute atomic E-state index is 13.3. The molecule has 2 aromatic heterocycles. The third-order valence-electron chi connectivity index (χ3n) is 6.17. The summed E-state index contributed by atoms with van der Waals surface area (Å²) in [6, 6.07) is 19.1. The van der Waals surface area contributed by atoms with Crippen LogP contribution in [0.4, 0.5) is 5.69 Å². The first-order chi connectivity index (χ1) is 16.1. The van der Waals surface area contributed by atoms with E-state index in [1.54, 1.807) is 36.1 Å². The first-order valence-corrected chi connectivity index (χ1v) is 11.1. The lowest BCUT2D eigenvalue weighted by atomic mass is 9.96. The van der Waals surface area contributed by atoms with E-state index in [4.69, 9.17) is 0 Å². The van der Waals surface area contributed by atoms with E-state index in [-0.39, 0.29) is 11.8 Å². The Balaban J connectivity index is 1.29. The van der Waals surface area contributed by atoms with Crippen LogP contribution in [0.1, 0.15) is 32.8 Å². The molecule has 2 aromatic carbocycles. The van der Waals surface area contributed by atoms with Gasteiger partial charge in [-0.2, -0.15) is 5.10 Å². The molecule has 1 fully saturated rings. The summed E-state index contributed by atoms with van der Waals surface area (Å²) in [5.41, 5.74) is 3.57. The number of nitrogens with one attached hydrogen (secondary N) is 1. The first kappa shape index (κ1) is 20.9. The molecule has 0 aliphatic carbocycles. The number of aromatic nitrogens is 3. The zero-order valence-electron chi connectivity index (χ0n) is 18.4. The third-order valence-corrected chi connectivity index (χ3v) is 6.17. The van der Waals surface area contributed by atoms with Crippen molar-refractivity contribution in [3.63, 3.8) is 0 Å². The summed E-state index contributed by atoms with van der Waals surface area (Å²) < 4.78 is 1.57. The molecular weight excluding hydrogens is 414 g/mol. The van der Waals surface area contributed by atoms with Gasteiger partial charge < -0.3 is 10.2 Å². The summed E-state index contributed by atoms with van der Waals surface area (Å²) in [4.78, 5) is 32.3. The molecule has 1 saturated heterocycles. The molecule has 33 heavy (non-hydrogen) atoms. The SMILES string of the molecule is Cn1ccc(C(=O)Nc2ccccc2C(=O)N2CC[C@H](Cc3cccc4ncccc34)C2)n1. The van der Waals surface area contributed by atoms with Gasteiger partial charge in [0.15, 0.2) is 5.69 Å². The minimum Gasteiger partial charge on any atom is -0.338 e. The average Bonchev–Trinajstić information content (AvgIpc) is 3.48. The van der Waals surface area contributed by atoms with Crippen molar-refractivity contribution in [2.45, 2.75) is 12.8 Å². The monoisotopic (exact) mass is 439 g/mol. The van der Waals surface area contributed by atoms with Gasteiger partial charge >= 0.3 is 0 Å². The Morgan fingerprint density at radius 1 is 1.06 bits per heavy atom. The van der Waals surface area contributed by atoms with E-state index in [1.165, 1.54) is 10.9 Å². The highest BCUT2D eigenvalue weighted by atomic mass is 16.2. The Kier molecular flexibility index (Phi) is 5.60. The number of carbonyl (C=O) groups excluding carboxylic acids is 2. The van der Waals surface area contributed by atoms with Crippen molar-refractivity contribution >= 4 is 28.4 Å². The fraction of sp³-hybridized carbons (Fsp3) is 0.231. The number of fused-ring (bicyclic) bond motifs is 1. The maximum atomic E-state index is 13.3. The van der Waals surface area contributed by atoms with Gasteiger partial charge in [0.25, 0.3) is 11.8 Å². The van der Waals surface area contributed by atoms with E-state index in [0.29, 0.717) is 36.0 Å². The van der Waals surface area contributed by atoms with Gasteiger partial charge in [-0.1, -0.05) is 30.3 Å². The van der Waals surface area contributed by atoms with Gasteiger partial charge in [-0.15, -0.1) is 0 Å². The number of nitrogens with zero attached hydrogens (tertiary/aromatic N) is 4. The summed E-state index contributed by atoms with van der Waals surface area (Å²) in [6.45, 7) is 1.40. The lowest BCUT2D eigenvalue weighted by Crippen LogP contribution is -2.30. The van der Waals surface area contributed by atoms with Crippen molar-refractivity contribution in [2.75, 3.05) is 18.4 Å². The molecule has 5 rings (SSSR count). The molecule has 7 heteroatoms. The molecule has 1 atom stereocenters. The molecule has 0 radical (unpaired) electrons. The van der Waals surface area contributed by atoms with Crippen LogP contribution in [0.2, 0.25) is 0 Å². The van der Waals surface area contributed by atoms with Crippen molar-refractivity contribution in [3.05, 3.63) is 89.9 Å². The normalized spacial score (nSPS) is 15.7. The number of hydrogen-bond acceptors (Lipinski definition) is 4. The fourth-order valence-electron chi connectivity index (χ4n) is 4.51. The third kappa shape index (κ3) is 4.35. The highest BCUT2D eigenvalue weighted by Crippen LogP contribution is 2.27. The number of amides is 2. The van der Waals surface area contributed by atoms with Crippen LogP contribution in [0, 0.1) is 5.92 Å². The zero-order chi connectivity index (χ0) is 22.8. The number of hydrogen-bond donors (Lipinski definition) is 1. The van der Waals surface area contributed by atoms with Crippen LogP contribution < -0.4 is 5.32 Å². The highest BCUT2D eigenvalue weighted by molar-refractivity contribution is 6.08. The molecule has 0 bridgehead atoms. The highest BCUT2D eigenvalue weighted by Gasteiger charge is 2.29. The van der Waals surface area contributed by atoms with E-state index < -0.39 is 0 Å². The Bertz CT molecular complexity index is 1320. The molecule has 7 nitrogen and oxygen atoms in total. The van der Waals surface area contributed by atoms with Gasteiger partial charge in [0.2, 0.25) is 0 Å². The molecule has 1 aliphatic heterocycles. The molecule has 0 unspecified atom stereocenters. The van der Waals surface area contributed by atoms with Crippen LogP contribution in [0.5, 0.6) is 0 Å². The van der Waals surface area contributed by atoms with Crippen molar-refractivity contribution < 1.29 is 9.59 Å². The summed E-state index contributed by atoms with van der Waals surface area (Å²) in [5.74, 6) is -0.0104. The van der Waals surface area contributed by atoms with E-state index in [2.05, 4.69) is 27.5 Å². The zero-order valence-corrected chi connectivity index (χ0v) is 18.4. The number of benzene rings is 2. The van der Waals surface area contributed by atoms with Gasteiger partial charge in [-0.25, -0.2) is 0 Å². The molecule has 3 heterocycles. The Labute approximate surface area is 192 Å². The smallest absolute Gasteiger partial charge is 0.276 e. The Hall–Kier alpha value is -4.00. The second-order valence-electron chi connectivity index (χ2n) is 8.47. The lowest BCUT2D eigenvalue weighted by Gasteiger charge is -2.19. The van der Waals surface area contributed by atoms with Gasteiger partial charge in [0, 0.05) is 37.9 Å². The molecule has 1 aliphatic rings.